The average Bonchev–Trinajstić information content (AvgIpc) is 2.68. The number of halogens is 1. The highest BCUT2D eigenvalue weighted by Gasteiger charge is 2.14. The zero-order chi connectivity index (χ0) is 13.7. The first-order valence-corrected chi connectivity index (χ1v) is 6.76. The molecule has 1 heterocycles. The van der Waals surface area contributed by atoms with Gasteiger partial charge in [-0.2, -0.15) is 0 Å². The van der Waals surface area contributed by atoms with Crippen molar-refractivity contribution in [3.05, 3.63) is 36.4 Å². The van der Waals surface area contributed by atoms with Crippen LogP contribution < -0.4 is 10.6 Å². The normalized spacial score (nSPS) is 15.7. The first-order chi connectivity index (χ1) is 9.16. The van der Waals surface area contributed by atoms with Gasteiger partial charge in [0.05, 0.1) is 0 Å². The first-order valence-electron chi connectivity index (χ1n) is 6.38. The molecule has 5 heteroatoms. The van der Waals surface area contributed by atoms with Crippen molar-refractivity contribution >= 4 is 28.4 Å². The van der Waals surface area contributed by atoms with E-state index in [1.165, 1.54) is 0 Å². The van der Waals surface area contributed by atoms with Crippen LogP contribution in [0.25, 0.3) is 5.03 Å². The number of amides is 2. The van der Waals surface area contributed by atoms with Crippen molar-refractivity contribution in [1.82, 2.24) is 10.2 Å². The molecule has 0 unspecified atom stereocenters. The third-order valence-corrected chi connectivity index (χ3v) is 3.29. The minimum atomic E-state index is -0.0545. The fourth-order valence-electron chi connectivity index (χ4n) is 1.99. The quantitative estimate of drug-likeness (QED) is 0.874. The van der Waals surface area contributed by atoms with Crippen molar-refractivity contribution in [2.24, 2.45) is 0 Å². The lowest BCUT2D eigenvalue weighted by Crippen LogP contribution is -2.37. The molecule has 0 aliphatic carbocycles. The molecule has 0 bridgehead atoms. The molecule has 1 aromatic rings. The van der Waals surface area contributed by atoms with Gasteiger partial charge in [0.25, 0.3) is 0 Å². The molecule has 2 amide bonds. The number of rotatable bonds is 2. The molecule has 4 nitrogen and oxygen atoms in total. The molecule has 102 valence electrons. The minimum Gasteiger partial charge on any atom is -0.323 e. The van der Waals surface area contributed by atoms with E-state index in [9.17, 15) is 4.79 Å². The van der Waals surface area contributed by atoms with Crippen molar-refractivity contribution in [1.29, 1.82) is 0 Å². The second-order valence-corrected chi connectivity index (χ2v) is 4.96. The van der Waals surface area contributed by atoms with E-state index in [1.807, 2.05) is 29.2 Å². The number of nitrogens with zero attached hydrogens (tertiary/aromatic N) is 1. The Bertz CT molecular complexity index is 450. The van der Waals surface area contributed by atoms with Crippen molar-refractivity contribution in [2.75, 3.05) is 31.5 Å². The Balaban J connectivity index is 1.95. The number of benzene rings is 1. The second kappa shape index (κ2) is 6.59. The van der Waals surface area contributed by atoms with E-state index in [-0.39, 0.29) is 6.03 Å². The lowest BCUT2D eigenvalue weighted by molar-refractivity contribution is 0.215. The van der Waals surface area contributed by atoms with Crippen LogP contribution in [-0.4, -0.2) is 37.1 Å². The smallest absolute Gasteiger partial charge is 0.321 e. The Labute approximate surface area is 118 Å². The summed E-state index contributed by atoms with van der Waals surface area (Å²) < 4.78 is 0. The van der Waals surface area contributed by atoms with Crippen LogP contribution in [-0.2, 0) is 0 Å². The lowest BCUT2D eigenvalue weighted by atomic mass is 10.2. The third-order valence-electron chi connectivity index (χ3n) is 3.08. The fourth-order valence-corrected chi connectivity index (χ4v) is 2.11. The molecule has 19 heavy (non-hydrogen) atoms. The number of urea groups is 1. The van der Waals surface area contributed by atoms with Gasteiger partial charge in [-0.05, 0) is 30.7 Å². The van der Waals surface area contributed by atoms with Gasteiger partial charge in [-0.1, -0.05) is 30.3 Å². The molecule has 1 fully saturated rings. The Morgan fingerprint density at radius 2 is 2.00 bits per heavy atom. The molecule has 0 aromatic heterocycles. The Morgan fingerprint density at radius 3 is 2.68 bits per heavy atom. The van der Waals surface area contributed by atoms with E-state index in [1.54, 1.807) is 0 Å². The predicted molar refractivity (Wildman–Crippen MR) is 79.4 cm³/mol. The van der Waals surface area contributed by atoms with Crippen LogP contribution in [0.2, 0.25) is 0 Å². The second-order valence-electron chi connectivity index (χ2n) is 4.50. The molecule has 0 radical (unpaired) electrons. The standard InChI is InChI=1S/C14H18ClN3O/c1-11(15)12-3-5-13(6-4-12)17-14(19)18-9-2-7-16-8-10-18/h3-6,16H,1-2,7-10H2,(H,17,19). The predicted octanol–water partition coefficient (Wildman–Crippen LogP) is 2.72. The minimum absolute atomic E-state index is 0.0545. The number of hydrogen-bond acceptors (Lipinski definition) is 2. The number of hydrogen-bond donors (Lipinski definition) is 2. The molecule has 2 N–H and O–H groups in total. The summed E-state index contributed by atoms with van der Waals surface area (Å²) in [4.78, 5) is 13.9. The van der Waals surface area contributed by atoms with Gasteiger partial charge in [-0.15, -0.1) is 0 Å². The van der Waals surface area contributed by atoms with Crippen LogP contribution in [0, 0.1) is 0 Å². The topological polar surface area (TPSA) is 44.4 Å². The van der Waals surface area contributed by atoms with Crippen LogP contribution >= 0.6 is 11.6 Å². The summed E-state index contributed by atoms with van der Waals surface area (Å²) in [6.45, 7) is 7.00. The van der Waals surface area contributed by atoms with Crippen molar-refractivity contribution in [2.45, 2.75) is 6.42 Å². The van der Waals surface area contributed by atoms with Crippen LogP contribution in [0.4, 0.5) is 10.5 Å². The van der Waals surface area contributed by atoms with E-state index in [0.717, 1.165) is 43.9 Å². The maximum atomic E-state index is 12.1. The van der Waals surface area contributed by atoms with Crippen LogP contribution in [0.3, 0.4) is 0 Å². The van der Waals surface area contributed by atoms with Gasteiger partial charge in [-0.3, -0.25) is 0 Å². The fraction of sp³-hybridized carbons (Fsp3) is 0.357. The lowest BCUT2D eigenvalue weighted by Gasteiger charge is -2.20. The van der Waals surface area contributed by atoms with Crippen molar-refractivity contribution in [3.63, 3.8) is 0 Å². The van der Waals surface area contributed by atoms with Crippen LogP contribution in [0.5, 0.6) is 0 Å². The van der Waals surface area contributed by atoms with Gasteiger partial charge in [0.15, 0.2) is 0 Å². The summed E-state index contributed by atoms with van der Waals surface area (Å²) in [5, 5.41) is 6.66. The molecule has 0 atom stereocenters. The number of anilines is 1. The highest BCUT2D eigenvalue weighted by molar-refractivity contribution is 6.48. The molecule has 1 saturated heterocycles. The van der Waals surface area contributed by atoms with E-state index in [0.29, 0.717) is 5.03 Å². The number of carbonyl (C=O) groups excluding carboxylic acids is 1. The van der Waals surface area contributed by atoms with Gasteiger partial charge < -0.3 is 15.5 Å². The summed E-state index contributed by atoms with van der Waals surface area (Å²) in [5.74, 6) is 0. The maximum absolute atomic E-state index is 12.1. The summed E-state index contributed by atoms with van der Waals surface area (Å²) in [5.41, 5.74) is 1.63. The molecule has 1 aliphatic heterocycles. The van der Waals surface area contributed by atoms with E-state index in [4.69, 9.17) is 11.6 Å². The van der Waals surface area contributed by atoms with E-state index < -0.39 is 0 Å². The zero-order valence-corrected chi connectivity index (χ0v) is 11.5. The molecule has 2 rings (SSSR count). The first kappa shape index (κ1) is 13.9. The Hall–Kier alpha value is -1.52. The average molecular weight is 280 g/mol. The number of nitrogens with one attached hydrogen (secondary N) is 2. The van der Waals surface area contributed by atoms with Gasteiger partial charge >= 0.3 is 6.03 Å². The van der Waals surface area contributed by atoms with Gasteiger partial charge in [0.1, 0.15) is 0 Å². The van der Waals surface area contributed by atoms with Gasteiger partial charge in [0, 0.05) is 30.4 Å². The van der Waals surface area contributed by atoms with E-state index in [2.05, 4.69) is 17.2 Å². The summed E-state index contributed by atoms with van der Waals surface area (Å²) in [6, 6.07) is 7.29. The largest absolute Gasteiger partial charge is 0.323 e. The summed E-state index contributed by atoms with van der Waals surface area (Å²) in [6.07, 6.45) is 0.985. The van der Waals surface area contributed by atoms with Gasteiger partial charge in [-0.25, -0.2) is 4.79 Å². The molecular weight excluding hydrogens is 262 g/mol. The van der Waals surface area contributed by atoms with Crippen molar-refractivity contribution < 1.29 is 4.79 Å². The van der Waals surface area contributed by atoms with Crippen LogP contribution in [0.1, 0.15) is 12.0 Å². The monoisotopic (exact) mass is 279 g/mol. The Kier molecular flexibility index (Phi) is 4.82. The molecule has 0 spiro atoms. The Morgan fingerprint density at radius 1 is 1.26 bits per heavy atom. The third kappa shape index (κ3) is 3.98. The number of carbonyl (C=O) groups is 1. The molecule has 0 saturated carbocycles. The highest BCUT2D eigenvalue weighted by Crippen LogP contribution is 2.19. The highest BCUT2D eigenvalue weighted by atomic mass is 35.5. The molecule has 1 aliphatic rings. The van der Waals surface area contributed by atoms with Crippen molar-refractivity contribution in [3.8, 4) is 0 Å². The zero-order valence-electron chi connectivity index (χ0n) is 10.8. The summed E-state index contributed by atoms with van der Waals surface area (Å²) in [7, 11) is 0. The summed E-state index contributed by atoms with van der Waals surface area (Å²) >= 11 is 5.80. The van der Waals surface area contributed by atoms with Crippen LogP contribution in [0.15, 0.2) is 30.8 Å². The van der Waals surface area contributed by atoms with Gasteiger partial charge in [0.2, 0.25) is 0 Å². The van der Waals surface area contributed by atoms with E-state index >= 15 is 0 Å². The molecule has 1 aromatic carbocycles. The SMILES string of the molecule is C=C(Cl)c1ccc(NC(=O)N2CCCNCC2)cc1. The molecular formula is C14H18ClN3O. The maximum Gasteiger partial charge on any atom is 0.321 e.